The molecule has 0 aliphatic heterocycles. The largest absolute Gasteiger partial charge is 0.369 e. The van der Waals surface area contributed by atoms with Gasteiger partial charge in [-0.3, -0.25) is 9.59 Å². The first kappa shape index (κ1) is 19.5. The summed E-state index contributed by atoms with van der Waals surface area (Å²) in [7, 11) is 0. The van der Waals surface area contributed by atoms with E-state index in [0.717, 1.165) is 4.90 Å². The molecule has 7 heteroatoms. The molecule has 2 amide bonds. The summed E-state index contributed by atoms with van der Waals surface area (Å²) in [6.45, 7) is 4.48. The van der Waals surface area contributed by atoms with Crippen molar-refractivity contribution in [3.8, 4) is 0 Å². The number of anilines is 1. The van der Waals surface area contributed by atoms with E-state index in [2.05, 4.69) is 30.5 Å². The second kappa shape index (κ2) is 9.60. The Labute approximate surface area is 156 Å². The van der Waals surface area contributed by atoms with Crippen molar-refractivity contribution < 1.29 is 9.59 Å². The Bertz CT molecular complexity index is 702. The predicted molar refractivity (Wildman–Crippen MR) is 105 cm³/mol. The maximum Gasteiger partial charge on any atom is 0.238 e. The lowest BCUT2D eigenvalue weighted by molar-refractivity contribution is -0.116. The van der Waals surface area contributed by atoms with Gasteiger partial charge in [0.25, 0.3) is 0 Å². The van der Waals surface area contributed by atoms with Crippen molar-refractivity contribution in [2.75, 3.05) is 17.6 Å². The van der Waals surface area contributed by atoms with Crippen LogP contribution in [0.1, 0.15) is 24.8 Å². The van der Waals surface area contributed by atoms with Crippen molar-refractivity contribution >= 4 is 40.6 Å². The fourth-order valence-corrected chi connectivity index (χ4v) is 4.10. The number of thiophene rings is 1. The zero-order chi connectivity index (χ0) is 18.2. The Morgan fingerprint density at radius 3 is 2.60 bits per heavy atom. The fourth-order valence-electron chi connectivity index (χ4n) is 2.37. The SMILES string of the molecule is CC(C)C(NCC(=O)Nc1ccccc1SCC(N)=O)c1cccs1. The molecule has 2 rings (SSSR count). The van der Waals surface area contributed by atoms with E-state index in [1.54, 1.807) is 11.3 Å². The van der Waals surface area contributed by atoms with E-state index in [1.165, 1.54) is 16.6 Å². The molecule has 0 saturated carbocycles. The highest BCUT2D eigenvalue weighted by atomic mass is 32.2. The minimum Gasteiger partial charge on any atom is -0.369 e. The Kier molecular flexibility index (Phi) is 7.49. The molecule has 0 fully saturated rings. The van der Waals surface area contributed by atoms with Crippen LogP contribution in [0.25, 0.3) is 0 Å². The molecular weight excluding hydrogens is 354 g/mol. The van der Waals surface area contributed by atoms with Crippen molar-refractivity contribution in [3.05, 3.63) is 46.7 Å². The van der Waals surface area contributed by atoms with E-state index in [0.29, 0.717) is 11.6 Å². The monoisotopic (exact) mass is 377 g/mol. The molecular formula is C18H23N3O2S2. The van der Waals surface area contributed by atoms with Gasteiger partial charge in [-0.05, 0) is 29.5 Å². The highest BCUT2D eigenvalue weighted by Gasteiger charge is 2.17. The fraction of sp³-hybridized carbons (Fsp3) is 0.333. The Balaban J connectivity index is 1.95. The van der Waals surface area contributed by atoms with E-state index in [1.807, 2.05) is 35.7 Å². The zero-order valence-electron chi connectivity index (χ0n) is 14.3. The van der Waals surface area contributed by atoms with Crippen LogP contribution in [-0.2, 0) is 9.59 Å². The third kappa shape index (κ3) is 6.19. The molecule has 5 nitrogen and oxygen atoms in total. The number of hydrogen-bond acceptors (Lipinski definition) is 5. The number of nitrogens with one attached hydrogen (secondary N) is 2. The molecule has 4 N–H and O–H groups in total. The number of para-hydroxylation sites is 1. The average Bonchev–Trinajstić information content (AvgIpc) is 3.08. The summed E-state index contributed by atoms with van der Waals surface area (Å²) in [5, 5.41) is 8.27. The van der Waals surface area contributed by atoms with Crippen LogP contribution in [0.4, 0.5) is 5.69 Å². The second-order valence-corrected chi connectivity index (χ2v) is 7.91. The molecule has 2 aromatic rings. The first-order valence-corrected chi connectivity index (χ1v) is 9.90. The Morgan fingerprint density at radius 1 is 1.20 bits per heavy atom. The summed E-state index contributed by atoms with van der Waals surface area (Å²) in [6, 6.07) is 11.6. The highest BCUT2D eigenvalue weighted by molar-refractivity contribution is 8.00. The topological polar surface area (TPSA) is 84.2 Å². The minimum absolute atomic E-state index is 0.116. The molecule has 0 spiro atoms. The van der Waals surface area contributed by atoms with Gasteiger partial charge in [0.1, 0.15) is 0 Å². The van der Waals surface area contributed by atoms with E-state index >= 15 is 0 Å². The number of carbonyl (C=O) groups excluding carboxylic acids is 2. The van der Waals surface area contributed by atoms with Gasteiger partial charge >= 0.3 is 0 Å². The Hall–Kier alpha value is -1.83. The standard InChI is InChI=1S/C18H23N3O2S2/c1-12(2)18(15-8-5-9-24-15)20-10-17(23)21-13-6-3-4-7-14(13)25-11-16(19)22/h3-9,12,18,20H,10-11H2,1-2H3,(H2,19,22)(H,21,23). The van der Waals surface area contributed by atoms with E-state index in [4.69, 9.17) is 5.73 Å². The molecule has 1 heterocycles. The molecule has 0 radical (unpaired) electrons. The molecule has 25 heavy (non-hydrogen) atoms. The number of nitrogens with two attached hydrogens (primary N) is 1. The Morgan fingerprint density at radius 2 is 1.96 bits per heavy atom. The van der Waals surface area contributed by atoms with E-state index in [9.17, 15) is 9.59 Å². The van der Waals surface area contributed by atoms with Gasteiger partial charge in [0, 0.05) is 15.8 Å². The van der Waals surface area contributed by atoms with Crippen LogP contribution in [0.2, 0.25) is 0 Å². The van der Waals surface area contributed by atoms with Crippen LogP contribution < -0.4 is 16.4 Å². The molecule has 1 aromatic heterocycles. The molecule has 1 atom stereocenters. The van der Waals surface area contributed by atoms with Gasteiger partial charge in [-0.2, -0.15) is 0 Å². The number of amides is 2. The lowest BCUT2D eigenvalue weighted by Gasteiger charge is -2.21. The number of thioether (sulfide) groups is 1. The number of hydrogen-bond donors (Lipinski definition) is 3. The summed E-state index contributed by atoms with van der Waals surface area (Å²) >= 11 is 3.00. The van der Waals surface area contributed by atoms with Crippen molar-refractivity contribution in [1.29, 1.82) is 0 Å². The zero-order valence-corrected chi connectivity index (χ0v) is 16.0. The smallest absolute Gasteiger partial charge is 0.238 e. The first-order chi connectivity index (χ1) is 12.0. The van der Waals surface area contributed by atoms with Crippen LogP contribution in [0.5, 0.6) is 0 Å². The minimum atomic E-state index is -0.386. The van der Waals surface area contributed by atoms with Gasteiger partial charge < -0.3 is 16.4 Å². The third-order valence-electron chi connectivity index (χ3n) is 3.53. The van der Waals surface area contributed by atoms with Crippen molar-refractivity contribution in [2.24, 2.45) is 11.7 Å². The lowest BCUT2D eigenvalue weighted by Crippen LogP contribution is -2.33. The normalized spacial score (nSPS) is 12.1. The lowest BCUT2D eigenvalue weighted by atomic mass is 10.0. The molecule has 134 valence electrons. The summed E-state index contributed by atoms with van der Waals surface area (Å²) in [5.74, 6) is 0.0570. The maximum atomic E-state index is 12.3. The molecule has 0 saturated heterocycles. The number of primary amides is 1. The summed E-state index contributed by atoms with van der Waals surface area (Å²) in [6.07, 6.45) is 0. The third-order valence-corrected chi connectivity index (χ3v) is 5.58. The van der Waals surface area contributed by atoms with Gasteiger partial charge in [-0.25, -0.2) is 0 Å². The van der Waals surface area contributed by atoms with Gasteiger partial charge in [0.2, 0.25) is 11.8 Å². The number of benzene rings is 1. The average molecular weight is 378 g/mol. The summed E-state index contributed by atoms with van der Waals surface area (Å²) in [4.78, 5) is 25.3. The molecule has 0 bridgehead atoms. The number of carbonyl (C=O) groups is 2. The summed E-state index contributed by atoms with van der Waals surface area (Å²) < 4.78 is 0. The molecule has 1 aromatic carbocycles. The van der Waals surface area contributed by atoms with Crippen LogP contribution in [0, 0.1) is 5.92 Å². The number of rotatable bonds is 9. The van der Waals surface area contributed by atoms with Gasteiger partial charge in [0.05, 0.1) is 18.0 Å². The van der Waals surface area contributed by atoms with Crippen molar-refractivity contribution in [3.63, 3.8) is 0 Å². The van der Waals surface area contributed by atoms with Crippen LogP contribution >= 0.6 is 23.1 Å². The van der Waals surface area contributed by atoms with Crippen molar-refractivity contribution in [1.82, 2.24) is 5.32 Å². The summed E-state index contributed by atoms with van der Waals surface area (Å²) in [5.41, 5.74) is 5.88. The van der Waals surface area contributed by atoms with Crippen LogP contribution in [-0.4, -0.2) is 24.1 Å². The predicted octanol–water partition coefficient (Wildman–Crippen LogP) is 3.25. The molecule has 0 aliphatic rings. The van der Waals surface area contributed by atoms with Gasteiger partial charge in [-0.15, -0.1) is 23.1 Å². The first-order valence-electron chi connectivity index (χ1n) is 8.04. The quantitative estimate of drug-likeness (QED) is 0.586. The van der Waals surface area contributed by atoms with Crippen molar-refractivity contribution in [2.45, 2.75) is 24.8 Å². The molecule has 1 unspecified atom stereocenters. The van der Waals surface area contributed by atoms with Crippen LogP contribution in [0.3, 0.4) is 0 Å². The maximum absolute atomic E-state index is 12.3. The molecule has 0 aliphatic carbocycles. The van der Waals surface area contributed by atoms with E-state index in [-0.39, 0.29) is 30.2 Å². The second-order valence-electron chi connectivity index (χ2n) is 5.92. The van der Waals surface area contributed by atoms with E-state index < -0.39 is 0 Å². The van der Waals surface area contributed by atoms with Crippen LogP contribution in [0.15, 0.2) is 46.7 Å². The highest BCUT2D eigenvalue weighted by Crippen LogP contribution is 2.27. The van der Waals surface area contributed by atoms with Gasteiger partial charge in [-0.1, -0.05) is 32.0 Å². The van der Waals surface area contributed by atoms with Gasteiger partial charge in [0.15, 0.2) is 0 Å².